The molecule has 0 bridgehead atoms. The number of hydrogen-bond donors (Lipinski definition) is 0. The number of benzene rings is 4. The quantitative estimate of drug-likeness (QED) is 0.268. The van der Waals surface area contributed by atoms with Gasteiger partial charge in [-0.25, -0.2) is 0 Å². The van der Waals surface area contributed by atoms with E-state index in [1.54, 1.807) is 0 Å². The van der Waals surface area contributed by atoms with Crippen LogP contribution in [0.1, 0.15) is 50.7 Å². The Balaban J connectivity index is 1.55. The van der Waals surface area contributed by atoms with Crippen molar-refractivity contribution in [2.45, 2.75) is 52.4 Å². The lowest BCUT2D eigenvalue weighted by molar-refractivity contribution is 0.668. The monoisotopic (exact) mass is 420 g/mol. The summed E-state index contributed by atoms with van der Waals surface area (Å²) in [6.45, 7) is 4.47. The zero-order valence-corrected chi connectivity index (χ0v) is 18.8. The highest BCUT2D eigenvalue weighted by molar-refractivity contribution is 6.22. The molecule has 0 N–H and O–H groups in total. The third-order valence-corrected chi connectivity index (χ3v) is 6.84. The van der Waals surface area contributed by atoms with Crippen LogP contribution in [0.25, 0.3) is 54.6 Å². The highest BCUT2D eigenvalue weighted by Gasteiger charge is 2.16. The molecule has 0 unspecified atom stereocenters. The van der Waals surface area contributed by atoms with Crippen molar-refractivity contribution in [1.29, 1.82) is 0 Å². The van der Waals surface area contributed by atoms with Crippen molar-refractivity contribution in [2.24, 2.45) is 0 Å². The van der Waals surface area contributed by atoms with Gasteiger partial charge in [0.25, 0.3) is 0 Å². The Morgan fingerprint density at radius 3 is 1.28 bits per heavy atom. The molecule has 0 aliphatic carbocycles. The molecule has 160 valence electrons. The Hall–Kier alpha value is -3.26. The molecule has 0 atom stereocenters. The molecule has 2 aromatic heterocycles. The second-order valence-corrected chi connectivity index (χ2v) is 9.05. The summed E-state index contributed by atoms with van der Waals surface area (Å²) in [5, 5.41) is 6.96. The fourth-order valence-corrected chi connectivity index (χ4v) is 5.03. The lowest BCUT2D eigenvalue weighted by Gasteiger charge is -2.00. The molecule has 2 heteroatoms. The Morgan fingerprint density at radius 1 is 0.500 bits per heavy atom. The van der Waals surface area contributed by atoms with E-state index in [0.717, 1.165) is 45.9 Å². The van der Waals surface area contributed by atoms with E-state index in [0.29, 0.717) is 0 Å². The second-order valence-electron chi connectivity index (χ2n) is 9.05. The fourth-order valence-electron chi connectivity index (χ4n) is 5.03. The summed E-state index contributed by atoms with van der Waals surface area (Å²) in [5.74, 6) is 0. The fraction of sp³-hybridized carbons (Fsp3) is 0.267. The van der Waals surface area contributed by atoms with Crippen LogP contribution < -0.4 is 0 Å². The number of hydrogen-bond acceptors (Lipinski definition) is 2. The van der Waals surface area contributed by atoms with Gasteiger partial charge in [0.2, 0.25) is 0 Å². The van der Waals surface area contributed by atoms with Crippen molar-refractivity contribution in [3.63, 3.8) is 0 Å². The molecule has 0 radical (unpaired) electrons. The van der Waals surface area contributed by atoms with Crippen LogP contribution in [0.15, 0.2) is 69.5 Å². The average molecular weight is 421 g/mol. The van der Waals surface area contributed by atoms with Gasteiger partial charge < -0.3 is 8.83 Å². The summed E-state index contributed by atoms with van der Waals surface area (Å²) < 4.78 is 12.9. The molecule has 0 aliphatic rings. The first-order valence-electron chi connectivity index (χ1n) is 12.0. The molecule has 0 fully saturated rings. The van der Waals surface area contributed by atoms with E-state index in [-0.39, 0.29) is 0 Å². The van der Waals surface area contributed by atoms with Crippen molar-refractivity contribution in [3.8, 4) is 0 Å². The minimum absolute atomic E-state index is 0.955. The van der Waals surface area contributed by atoms with Crippen LogP contribution in [0.2, 0.25) is 0 Å². The van der Waals surface area contributed by atoms with Crippen molar-refractivity contribution in [1.82, 2.24) is 0 Å². The highest BCUT2D eigenvalue weighted by Crippen LogP contribution is 2.40. The van der Waals surface area contributed by atoms with E-state index in [9.17, 15) is 0 Å². The molecule has 4 aromatic carbocycles. The maximum absolute atomic E-state index is 6.43. The van der Waals surface area contributed by atoms with Crippen molar-refractivity contribution >= 4 is 54.6 Å². The summed E-state index contributed by atoms with van der Waals surface area (Å²) in [5.41, 5.74) is 6.56. The van der Waals surface area contributed by atoms with E-state index in [4.69, 9.17) is 8.83 Å². The van der Waals surface area contributed by atoms with Crippen LogP contribution in [-0.2, 0) is 12.8 Å². The summed E-state index contributed by atoms with van der Waals surface area (Å²) >= 11 is 0. The van der Waals surface area contributed by atoms with Gasteiger partial charge in [0.15, 0.2) is 0 Å². The molecule has 0 saturated carbocycles. The SMILES string of the molecule is CCCCc1ccc2c(c1)oc1c2ccc2c1ccc1c3ccc(CCCC)cc3oc12. The molecule has 32 heavy (non-hydrogen) atoms. The van der Waals surface area contributed by atoms with Gasteiger partial charge in [0.1, 0.15) is 22.3 Å². The normalized spacial score (nSPS) is 12.2. The topological polar surface area (TPSA) is 26.3 Å². The minimum Gasteiger partial charge on any atom is -0.455 e. The molecule has 0 saturated heterocycles. The number of aryl methyl sites for hydroxylation is 2. The van der Waals surface area contributed by atoms with Gasteiger partial charge in [-0.05, 0) is 73.2 Å². The Labute approximate surface area is 187 Å². The van der Waals surface area contributed by atoms with Crippen LogP contribution in [0.3, 0.4) is 0 Å². The highest BCUT2D eigenvalue weighted by atomic mass is 16.3. The van der Waals surface area contributed by atoms with E-state index < -0.39 is 0 Å². The van der Waals surface area contributed by atoms with Crippen LogP contribution in [-0.4, -0.2) is 0 Å². The number of rotatable bonds is 6. The van der Waals surface area contributed by atoms with Crippen LogP contribution in [0.5, 0.6) is 0 Å². The van der Waals surface area contributed by atoms with Crippen molar-refractivity contribution < 1.29 is 8.83 Å². The molecular formula is C30H28O2. The third-order valence-electron chi connectivity index (χ3n) is 6.84. The van der Waals surface area contributed by atoms with E-state index in [2.05, 4.69) is 74.5 Å². The predicted molar refractivity (Wildman–Crippen MR) is 136 cm³/mol. The first-order valence-corrected chi connectivity index (χ1v) is 12.0. The van der Waals surface area contributed by atoms with Crippen molar-refractivity contribution in [3.05, 3.63) is 71.8 Å². The zero-order chi connectivity index (χ0) is 21.7. The molecule has 0 amide bonds. The van der Waals surface area contributed by atoms with Crippen LogP contribution in [0, 0.1) is 0 Å². The summed E-state index contributed by atoms with van der Waals surface area (Å²) in [7, 11) is 0. The number of furan rings is 2. The first-order chi connectivity index (χ1) is 15.8. The molecule has 6 rings (SSSR count). The van der Waals surface area contributed by atoms with Gasteiger partial charge in [-0.15, -0.1) is 0 Å². The molecule has 0 aliphatic heterocycles. The maximum Gasteiger partial charge on any atom is 0.143 e. The lowest BCUT2D eigenvalue weighted by atomic mass is 10.0. The summed E-state index contributed by atoms with van der Waals surface area (Å²) in [6.07, 6.45) is 7.03. The molecule has 2 heterocycles. The molecule has 6 aromatic rings. The van der Waals surface area contributed by atoms with Gasteiger partial charge in [-0.2, -0.15) is 0 Å². The standard InChI is InChI=1S/C30H28O2/c1-3-5-7-19-9-11-21-23-13-15-26-25(29(23)31-27(21)17-19)16-14-24-22-12-10-20(8-6-4-2)18-28(22)32-30(24)26/h9-18H,3-8H2,1-2H3. The largest absolute Gasteiger partial charge is 0.455 e. The van der Waals surface area contributed by atoms with Crippen molar-refractivity contribution in [2.75, 3.05) is 0 Å². The van der Waals surface area contributed by atoms with Crippen LogP contribution >= 0.6 is 0 Å². The van der Waals surface area contributed by atoms with E-state index in [1.165, 1.54) is 58.4 Å². The summed E-state index contributed by atoms with van der Waals surface area (Å²) in [6, 6.07) is 22.1. The maximum atomic E-state index is 6.43. The number of unbranched alkanes of at least 4 members (excludes halogenated alkanes) is 2. The lowest BCUT2D eigenvalue weighted by Crippen LogP contribution is -1.83. The average Bonchev–Trinajstić information content (AvgIpc) is 3.38. The Bertz CT molecular complexity index is 1470. The van der Waals surface area contributed by atoms with Gasteiger partial charge in [-0.1, -0.05) is 51.0 Å². The third kappa shape index (κ3) is 3.01. The number of fused-ring (bicyclic) bond motifs is 9. The van der Waals surface area contributed by atoms with E-state index >= 15 is 0 Å². The smallest absolute Gasteiger partial charge is 0.143 e. The van der Waals surface area contributed by atoms with Gasteiger partial charge >= 0.3 is 0 Å². The molecule has 2 nitrogen and oxygen atoms in total. The predicted octanol–water partition coefficient (Wildman–Crippen LogP) is 9.32. The summed E-state index contributed by atoms with van der Waals surface area (Å²) in [4.78, 5) is 0. The Morgan fingerprint density at radius 2 is 0.875 bits per heavy atom. The molecular weight excluding hydrogens is 392 g/mol. The Kier molecular flexibility index (Phi) is 4.68. The zero-order valence-electron chi connectivity index (χ0n) is 18.8. The van der Waals surface area contributed by atoms with Crippen LogP contribution in [0.4, 0.5) is 0 Å². The van der Waals surface area contributed by atoms with Gasteiger partial charge in [0, 0.05) is 32.3 Å². The minimum atomic E-state index is 0.955. The van der Waals surface area contributed by atoms with Gasteiger partial charge in [0.05, 0.1) is 0 Å². The van der Waals surface area contributed by atoms with Gasteiger partial charge in [-0.3, -0.25) is 0 Å². The first kappa shape index (κ1) is 19.4. The second kappa shape index (κ2) is 7.70. The van der Waals surface area contributed by atoms with E-state index in [1.807, 2.05) is 0 Å². The molecule has 0 spiro atoms.